The van der Waals surface area contributed by atoms with E-state index in [9.17, 15) is 14.4 Å². The number of nitrogens with one attached hydrogen (secondary N) is 3. The predicted molar refractivity (Wildman–Crippen MR) is 61.5 cm³/mol. The fraction of sp³-hybridized carbons (Fsp3) is 0.700. The number of carboxylic acids is 1. The van der Waals surface area contributed by atoms with Crippen molar-refractivity contribution >= 4 is 17.9 Å². The maximum absolute atomic E-state index is 11.2. The highest BCUT2D eigenvalue weighted by atomic mass is 16.4. The minimum atomic E-state index is -1.10. The number of carbonyl (C=O) groups is 3. The van der Waals surface area contributed by atoms with Crippen LogP contribution >= 0.6 is 0 Å². The number of hydrogen-bond donors (Lipinski definition) is 4. The van der Waals surface area contributed by atoms with Crippen LogP contribution in [0.15, 0.2) is 0 Å². The van der Waals surface area contributed by atoms with E-state index in [2.05, 4.69) is 16.0 Å². The molecule has 1 atom stereocenters. The molecule has 17 heavy (non-hydrogen) atoms. The van der Waals surface area contributed by atoms with Gasteiger partial charge in [-0.2, -0.15) is 0 Å². The topological polar surface area (TPSA) is 108 Å². The van der Waals surface area contributed by atoms with Gasteiger partial charge in [-0.1, -0.05) is 13.8 Å². The molecule has 0 rings (SSSR count). The summed E-state index contributed by atoms with van der Waals surface area (Å²) in [6, 6.07) is -1.60. The summed E-state index contributed by atoms with van der Waals surface area (Å²) in [5.74, 6) is -1.40. The molecule has 0 saturated heterocycles. The molecular formula is C10H19N3O4. The summed E-state index contributed by atoms with van der Waals surface area (Å²) in [6.07, 6.45) is 1.10. The summed E-state index contributed by atoms with van der Waals surface area (Å²) in [7, 11) is 0. The van der Waals surface area contributed by atoms with Crippen LogP contribution in [0, 0.1) is 0 Å². The largest absolute Gasteiger partial charge is 0.480 e. The first-order valence-electron chi connectivity index (χ1n) is 5.55. The average molecular weight is 245 g/mol. The van der Waals surface area contributed by atoms with Crippen LogP contribution in [0.2, 0.25) is 0 Å². The first kappa shape index (κ1) is 15.2. The molecule has 0 saturated carbocycles. The maximum Gasteiger partial charge on any atom is 0.326 e. The number of hydrogen-bond acceptors (Lipinski definition) is 3. The van der Waals surface area contributed by atoms with E-state index in [0.717, 1.165) is 6.42 Å². The van der Waals surface area contributed by atoms with Crippen molar-refractivity contribution in [1.29, 1.82) is 0 Å². The number of carboxylic acid groups (broad SMARTS) is 1. The Bertz CT molecular complexity index is 281. The molecule has 7 nitrogen and oxygen atoms in total. The molecule has 0 spiro atoms. The van der Waals surface area contributed by atoms with E-state index in [1.807, 2.05) is 6.92 Å². The summed E-state index contributed by atoms with van der Waals surface area (Å²) < 4.78 is 0. The lowest BCUT2D eigenvalue weighted by molar-refractivity contribution is -0.139. The molecule has 0 bridgehead atoms. The molecule has 0 radical (unpaired) electrons. The van der Waals surface area contributed by atoms with E-state index in [-0.39, 0.29) is 18.9 Å². The molecule has 1 unspecified atom stereocenters. The number of urea groups is 1. The number of aliphatic carboxylic acids is 1. The highest BCUT2D eigenvalue weighted by Gasteiger charge is 2.17. The lowest BCUT2D eigenvalue weighted by Crippen LogP contribution is -2.48. The van der Waals surface area contributed by atoms with Crippen molar-refractivity contribution in [1.82, 2.24) is 16.0 Å². The number of carbonyl (C=O) groups excluding carboxylic acids is 2. The first-order chi connectivity index (χ1) is 8.01. The summed E-state index contributed by atoms with van der Waals surface area (Å²) in [4.78, 5) is 33.0. The smallest absolute Gasteiger partial charge is 0.326 e. The van der Waals surface area contributed by atoms with Gasteiger partial charge in [-0.25, -0.2) is 9.59 Å². The van der Waals surface area contributed by atoms with Gasteiger partial charge in [0.2, 0.25) is 5.91 Å². The van der Waals surface area contributed by atoms with Gasteiger partial charge < -0.3 is 21.1 Å². The Balaban J connectivity index is 3.86. The highest BCUT2D eigenvalue weighted by Crippen LogP contribution is 1.89. The second kappa shape index (κ2) is 8.37. The van der Waals surface area contributed by atoms with Crippen molar-refractivity contribution in [3.8, 4) is 0 Å². The van der Waals surface area contributed by atoms with Crippen molar-refractivity contribution in [2.24, 2.45) is 0 Å². The molecule has 0 aliphatic rings. The molecule has 3 amide bonds. The van der Waals surface area contributed by atoms with E-state index in [4.69, 9.17) is 5.11 Å². The molecule has 0 fully saturated rings. The fourth-order valence-electron chi connectivity index (χ4n) is 1.04. The zero-order valence-corrected chi connectivity index (χ0v) is 10.1. The van der Waals surface area contributed by atoms with Crippen molar-refractivity contribution in [2.45, 2.75) is 32.7 Å². The van der Waals surface area contributed by atoms with Gasteiger partial charge in [-0.05, 0) is 12.8 Å². The Kier molecular flexibility index (Phi) is 7.49. The summed E-state index contributed by atoms with van der Waals surface area (Å²) >= 11 is 0. The lowest BCUT2D eigenvalue weighted by atomic mass is 10.2. The molecule has 0 aromatic heterocycles. The van der Waals surface area contributed by atoms with Crippen LogP contribution in [0.3, 0.4) is 0 Å². The van der Waals surface area contributed by atoms with Gasteiger partial charge in [0.1, 0.15) is 6.04 Å². The standard InChI is InChI=1S/C10H19N3O4/c1-3-5-11-8(14)6-12-10(17)13-7(4-2)9(15)16/h7H,3-6H2,1-2H3,(H,11,14)(H,15,16)(H2,12,13,17). The Labute approximate surface area is 100.0 Å². The lowest BCUT2D eigenvalue weighted by Gasteiger charge is -2.12. The van der Waals surface area contributed by atoms with Crippen LogP contribution in [-0.2, 0) is 9.59 Å². The van der Waals surface area contributed by atoms with Crippen LogP contribution in [0.5, 0.6) is 0 Å². The third-order valence-electron chi connectivity index (χ3n) is 1.99. The number of amides is 3. The zero-order chi connectivity index (χ0) is 13.3. The van der Waals surface area contributed by atoms with Gasteiger partial charge in [0.15, 0.2) is 0 Å². The second-order valence-corrected chi connectivity index (χ2v) is 3.48. The fourth-order valence-corrected chi connectivity index (χ4v) is 1.04. The van der Waals surface area contributed by atoms with E-state index in [1.54, 1.807) is 6.92 Å². The minimum Gasteiger partial charge on any atom is -0.480 e. The molecule has 0 aromatic carbocycles. The molecular weight excluding hydrogens is 226 g/mol. The third-order valence-corrected chi connectivity index (χ3v) is 1.99. The van der Waals surface area contributed by atoms with E-state index >= 15 is 0 Å². The quantitative estimate of drug-likeness (QED) is 0.492. The van der Waals surface area contributed by atoms with Gasteiger partial charge in [-0.15, -0.1) is 0 Å². The average Bonchev–Trinajstić information content (AvgIpc) is 2.30. The van der Waals surface area contributed by atoms with Crippen LogP contribution in [0.25, 0.3) is 0 Å². The van der Waals surface area contributed by atoms with Gasteiger partial charge in [0.05, 0.1) is 6.54 Å². The highest BCUT2D eigenvalue weighted by molar-refractivity contribution is 5.86. The van der Waals surface area contributed by atoms with Crippen LogP contribution in [0.1, 0.15) is 26.7 Å². The van der Waals surface area contributed by atoms with E-state index < -0.39 is 18.0 Å². The summed E-state index contributed by atoms with van der Waals surface area (Å²) in [6.45, 7) is 3.95. The van der Waals surface area contributed by atoms with E-state index in [1.165, 1.54) is 0 Å². The van der Waals surface area contributed by atoms with Crippen molar-refractivity contribution in [3.05, 3.63) is 0 Å². The van der Waals surface area contributed by atoms with Crippen molar-refractivity contribution in [3.63, 3.8) is 0 Å². The minimum absolute atomic E-state index is 0.165. The molecule has 0 aromatic rings. The van der Waals surface area contributed by atoms with Gasteiger partial charge in [0.25, 0.3) is 0 Å². The van der Waals surface area contributed by atoms with Gasteiger partial charge in [-0.3, -0.25) is 4.79 Å². The molecule has 4 N–H and O–H groups in total. The van der Waals surface area contributed by atoms with Crippen molar-refractivity contribution < 1.29 is 19.5 Å². The summed E-state index contributed by atoms with van der Waals surface area (Å²) in [5, 5.41) is 15.8. The maximum atomic E-state index is 11.2. The van der Waals surface area contributed by atoms with Crippen molar-refractivity contribution in [2.75, 3.05) is 13.1 Å². The van der Waals surface area contributed by atoms with Crippen LogP contribution < -0.4 is 16.0 Å². The Hall–Kier alpha value is -1.79. The normalized spacial score (nSPS) is 11.4. The number of rotatable bonds is 7. The third kappa shape index (κ3) is 7.15. The molecule has 0 aliphatic heterocycles. The SMILES string of the molecule is CCCNC(=O)CNC(=O)NC(CC)C(=O)O. The molecule has 7 heteroatoms. The predicted octanol–water partition coefficient (Wildman–Crippen LogP) is -0.325. The van der Waals surface area contributed by atoms with Gasteiger partial charge in [0, 0.05) is 6.54 Å². The zero-order valence-electron chi connectivity index (χ0n) is 10.1. The molecule has 0 heterocycles. The Morgan fingerprint density at radius 3 is 2.29 bits per heavy atom. The summed E-state index contributed by atoms with van der Waals surface area (Å²) in [5.41, 5.74) is 0. The van der Waals surface area contributed by atoms with Crippen LogP contribution in [0.4, 0.5) is 4.79 Å². The van der Waals surface area contributed by atoms with Crippen LogP contribution in [-0.4, -0.2) is 42.1 Å². The Morgan fingerprint density at radius 1 is 1.18 bits per heavy atom. The first-order valence-corrected chi connectivity index (χ1v) is 5.55. The van der Waals surface area contributed by atoms with E-state index in [0.29, 0.717) is 6.54 Å². The Morgan fingerprint density at radius 2 is 1.82 bits per heavy atom. The second-order valence-electron chi connectivity index (χ2n) is 3.48. The molecule has 0 aliphatic carbocycles. The molecule has 98 valence electrons. The monoisotopic (exact) mass is 245 g/mol. The van der Waals surface area contributed by atoms with Gasteiger partial charge >= 0.3 is 12.0 Å².